The van der Waals surface area contributed by atoms with Gasteiger partial charge in [0.2, 0.25) is 5.71 Å². The Labute approximate surface area is 223 Å². The summed E-state index contributed by atoms with van der Waals surface area (Å²) in [6.07, 6.45) is 0.194. The highest BCUT2D eigenvalue weighted by molar-refractivity contribution is 6.42. The van der Waals surface area contributed by atoms with Crippen molar-refractivity contribution in [1.29, 1.82) is 0 Å². The molecule has 0 aromatic heterocycles. The van der Waals surface area contributed by atoms with Gasteiger partial charge in [-0.3, -0.25) is 14.5 Å². The van der Waals surface area contributed by atoms with Crippen LogP contribution in [0.2, 0.25) is 10.0 Å². The molecule has 2 aromatic carbocycles. The molecule has 0 saturated heterocycles. The van der Waals surface area contributed by atoms with E-state index in [4.69, 9.17) is 27.9 Å². The second kappa shape index (κ2) is 11.4. The van der Waals surface area contributed by atoms with Crippen molar-refractivity contribution in [3.05, 3.63) is 68.7 Å². The number of imide groups is 1. The zero-order valence-electron chi connectivity index (χ0n) is 20.4. The number of carbonyl (C=O) groups excluding carboxylic acids is 4. The fourth-order valence-electron chi connectivity index (χ4n) is 4.39. The van der Waals surface area contributed by atoms with E-state index in [9.17, 15) is 19.2 Å². The first-order valence-electron chi connectivity index (χ1n) is 11.8. The molecular weight excluding hydrogens is 521 g/mol. The Bertz CT molecular complexity index is 1270. The smallest absolute Gasteiger partial charge is 0.420 e. The predicted molar refractivity (Wildman–Crippen MR) is 137 cm³/mol. The predicted octanol–water partition coefficient (Wildman–Crippen LogP) is 4.11. The van der Waals surface area contributed by atoms with Crippen molar-refractivity contribution in [2.24, 2.45) is 0 Å². The second-order valence-corrected chi connectivity index (χ2v) is 9.38. The molecule has 4 rings (SSSR count). The highest BCUT2D eigenvalue weighted by Gasteiger charge is 2.45. The fraction of sp³-hybridized carbons (Fsp3) is 0.346. The van der Waals surface area contributed by atoms with Crippen LogP contribution in [0.3, 0.4) is 0 Å². The van der Waals surface area contributed by atoms with Gasteiger partial charge in [-0.15, -0.1) is 0 Å². The Morgan fingerprint density at radius 1 is 1.05 bits per heavy atom. The number of halogens is 2. The van der Waals surface area contributed by atoms with Gasteiger partial charge in [-0.2, -0.15) is 4.58 Å². The molecule has 9 nitrogen and oxygen atoms in total. The van der Waals surface area contributed by atoms with Gasteiger partial charge in [0.05, 0.1) is 40.4 Å². The van der Waals surface area contributed by atoms with E-state index in [1.807, 2.05) is 6.92 Å². The minimum atomic E-state index is -0.781. The summed E-state index contributed by atoms with van der Waals surface area (Å²) in [7, 11) is 1.24. The minimum absolute atomic E-state index is 0.0414. The number of fused-ring (bicyclic) bond motifs is 2. The molecule has 1 N–H and O–H groups in total. The standard InChI is InChI=1S/C26H25Cl2N3O6/c1-3-4-11-37-22-17-12-19(27)20(28)13-18(17)25(34)30(10-9-29-26(35)36-2)21(22)14-31-23(32)15-7-5-6-8-16(15)24(31)33/h5-8,12-13,22H,3-4,9-11,14H2,1-2H3/p+1. The van der Waals surface area contributed by atoms with Gasteiger partial charge in [0, 0.05) is 12.2 Å². The molecular formula is C26H26Cl2N3O6+. The first-order chi connectivity index (χ1) is 17.8. The van der Waals surface area contributed by atoms with Gasteiger partial charge in [0.25, 0.3) is 11.8 Å². The molecule has 1 atom stereocenters. The van der Waals surface area contributed by atoms with E-state index < -0.39 is 29.9 Å². The number of rotatable bonds is 9. The molecule has 2 heterocycles. The molecule has 11 heteroatoms. The highest BCUT2D eigenvalue weighted by Crippen LogP contribution is 2.35. The Kier molecular flexibility index (Phi) is 8.26. The lowest BCUT2D eigenvalue weighted by molar-refractivity contribution is -0.433. The van der Waals surface area contributed by atoms with Gasteiger partial charge < -0.3 is 14.8 Å². The average molecular weight is 547 g/mol. The number of unbranched alkanes of at least 4 members (excludes halogenated alkanes) is 1. The number of carbonyl (C=O) groups is 4. The molecule has 37 heavy (non-hydrogen) atoms. The van der Waals surface area contributed by atoms with Gasteiger partial charge in [0.1, 0.15) is 6.54 Å². The van der Waals surface area contributed by atoms with Crippen LogP contribution < -0.4 is 5.32 Å². The first-order valence-corrected chi connectivity index (χ1v) is 12.6. The summed E-state index contributed by atoms with van der Waals surface area (Å²) in [5.41, 5.74) is 1.77. The van der Waals surface area contributed by atoms with Crippen LogP contribution in [-0.4, -0.2) is 72.4 Å². The van der Waals surface area contributed by atoms with E-state index in [1.54, 1.807) is 30.3 Å². The Hall–Kier alpha value is -3.27. The molecule has 2 aromatic rings. The summed E-state index contributed by atoms with van der Waals surface area (Å²) in [6, 6.07) is 9.63. The third-order valence-corrected chi connectivity index (χ3v) is 6.99. The minimum Gasteiger partial charge on any atom is -0.453 e. The van der Waals surface area contributed by atoms with Crippen LogP contribution in [0.1, 0.15) is 62.5 Å². The molecule has 0 saturated carbocycles. The van der Waals surface area contributed by atoms with Gasteiger partial charge >= 0.3 is 12.0 Å². The van der Waals surface area contributed by atoms with Crippen molar-refractivity contribution in [2.75, 3.05) is 33.4 Å². The number of ether oxygens (including phenoxy) is 2. The molecule has 0 radical (unpaired) electrons. The summed E-state index contributed by atoms with van der Waals surface area (Å²) >= 11 is 12.6. The van der Waals surface area contributed by atoms with Crippen LogP contribution in [0, 0.1) is 0 Å². The van der Waals surface area contributed by atoms with Gasteiger partial charge in [0.15, 0.2) is 12.6 Å². The number of hydrogen-bond donors (Lipinski definition) is 1. The summed E-state index contributed by atoms with van der Waals surface area (Å²) in [5, 5.41) is 3.01. The topological polar surface area (TPSA) is 105 Å². The zero-order chi connectivity index (χ0) is 26.7. The Morgan fingerprint density at radius 3 is 2.32 bits per heavy atom. The lowest BCUT2D eigenvalue weighted by Crippen LogP contribution is -2.48. The van der Waals surface area contributed by atoms with E-state index in [0.29, 0.717) is 34.6 Å². The van der Waals surface area contributed by atoms with Crippen molar-refractivity contribution in [2.45, 2.75) is 25.9 Å². The molecule has 194 valence electrons. The summed E-state index contributed by atoms with van der Waals surface area (Å²) in [6.45, 7) is 2.30. The molecule has 0 spiro atoms. The van der Waals surface area contributed by atoms with Gasteiger partial charge in [-0.25, -0.2) is 9.59 Å². The summed E-state index contributed by atoms with van der Waals surface area (Å²) < 4.78 is 12.3. The maximum atomic E-state index is 13.7. The van der Waals surface area contributed by atoms with Crippen molar-refractivity contribution in [3.8, 4) is 0 Å². The summed E-state index contributed by atoms with van der Waals surface area (Å²) in [5.74, 6) is -1.33. The molecule has 2 aliphatic rings. The zero-order valence-corrected chi connectivity index (χ0v) is 21.9. The number of nitrogens with zero attached hydrogens (tertiary/aromatic N) is 2. The third-order valence-electron chi connectivity index (χ3n) is 6.27. The number of nitrogens with one attached hydrogen (secondary N) is 1. The summed E-state index contributed by atoms with van der Waals surface area (Å²) in [4.78, 5) is 52.7. The number of methoxy groups -OCH3 is 1. The van der Waals surface area contributed by atoms with E-state index in [-0.39, 0.29) is 29.7 Å². The van der Waals surface area contributed by atoms with E-state index in [0.717, 1.165) is 17.7 Å². The van der Waals surface area contributed by atoms with Crippen LogP contribution in [0.15, 0.2) is 36.4 Å². The van der Waals surface area contributed by atoms with Crippen molar-refractivity contribution < 1.29 is 33.2 Å². The number of hydrogen-bond acceptors (Lipinski definition) is 6. The van der Waals surface area contributed by atoms with Crippen molar-refractivity contribution in [1.82, 2.24) is 10.2 Å². The lowest BCUT2D eigenvalue weighted by atomic mass is 9.93. The largest absolute Gasteiger partial charge is 0.453 e. The van der Waals surface area contributed by atoms with Gasteiger partial charge in [-0.05, 0) is 30.7 Å². The normalized spacial score (nSPS) is 16.7. The number of benzene rings is 2. The van der Waals surface area contributed by atoms with Crippen molar-refractivity contribution >= 4 is 52.7 Å². The Balaban J connectivity index is 1.79. The molecule has 0 fully saturated rings. The Morgan fingerprint density at radius 2 is 1.70 bits per heavy atom. The molecule has 1 unspecified atom stereocenters. The maximum Gasteiger partial charge on any atom is 0.420 e. The highest BCUT2D eigenvalue weighted by atomic mass is 35.5. The van der Waals surface area contributed by atoms with E-state index >= 15 is 0 Å². The number of amides is 4. The molecule has 0 aliphatic carbocycles. The molecule has 0 bridgehead atoms. The number of alkyl carbamates (subject to hydrolysis) is 1. The van der Waals surface area contributed by atoms with Crippen LogP contribution in [0.5, 0.6) is 0 Å². The fourth-order valence-corrected chi connectivity index (χ4v) is 4.73. The lowest BCUT2D eigenvalue weighted by Gasteiger charge is -2.27. The maximum absolute atomic E-state index is 13.7. The quantitative estimate of drug-likeness (QED) is 0.288. The SMILES string of the molecule is CCCCOC1C(CN2C(=O)c3ccccc3C2=O)=[N+](CCNC(=O)OC)C(=O)c2cc(Cl)c(Cl)cc21. The van der Waals surface area contributed by atoms with Crippen molar-refractivity contribution in [3.63, 3.8) is 0 Å². The first kappa shape index (κ1) is 26.8. The van der Waals surface area contributed by atoms with Gasteiger partial charge in [-0.1, -0.05) is 48.7 Å². The van der Waals surface area contributed by atoms with E-state index in [2.05, 4.69) is 10.1 Å². The molecule has 4 amide bonds. The molecule has 2 aliphatic heterocycles. The van der Waals surface area contributed by atoms with Crippen LogP contribution in [0.4, 0.5) is 4.79 Å². The van der Waals surface area contributed by atoms with Crippen LogP contribution in [-0.2, 0) is 9.47 Å². The average Bonchev–Trinajstić information content (AvgIpc) is 3.13. The van der Waals surface area contributed by atoms with Crippen LogP contribution in [0.25, 0.3) is 0 Å². The van der Waals surface area contributed by atoms with Crippen LogP contribution >= 0.6 is 23.2 Å². The van der Waals surface area contributed by atoms with E-state index in [1.165, 1.54) is 17.8 Å². The monoisotopic (exact) mass is 546 g/mol. The third kappa shape index (κ3) is 5.25. The second-order valence-electron chi connectivity index (χ2n) is 8.57.